The second kappa shape index (κ2) is 7.32. The molecule has 3 aromatic rings. The molecular formula is C21H23FN6O2. The summed E-state index contributed by atoms with van der Waals surface area (Å²) >= 11 is 0. The van der Waals surface area contributed by atoms with Crippen molar-refractivity contribution in [2.75, 3.05) is 0 Å². The average molecular weight is 410 g/mol. The number of benzene rings is 1. The Labute approximate surface area is 173 Å². The Morgan fingerprint density at radius 1 is 1.33 bits per heavy atom. The molecule has 4 atom stereocenters. The number of aromatic hydroxyl groups is 1. The van der Waals surface area contributed by atoms with Crippen LogP contribution in [0.2, 0.25) is 0 Å². The zero-order valence-electron chi connectivity index (χ0n) is 16.6. The van der Waals surface area contributed by atoms with E-state index in [2.05, 4.69) is 32.4 Å². The van der Waals surface area contributed by atoms with E-state index in [0.717, 1.165) is 24.9 Å². The van der Waals surface area contributed by atoms with Crippen molar-refractivity contribution in [2.45, 2.75) is 56.5 Å². The van der Waals surface area contributed by atoms with Crippen LogP contribution in [0.5, 0.6) is 11.8 Å². The molecule has 2 aromatic heterocycles. The van der Waals surface area contributed by atoms with E-state index >= 15 is 0 Å². The SMILES string of the molecule is C[C@]12CCCC(N1)[C@H](F)[C@H](Oc1ncc(-c3ccc(-n4ccnc4)cc3O)nn1)C2. The highest BCUT2D eigenvalue weighted by molar-refractivity contribution is 5.67. The minimum absolute atomic E-state index is 0.0458. The molecule has 0 amide bonds. The predicted molar refractivity (Wildman–Crippen MR) is 107 cm³/mol. The number of hydrogen-bond donors (Lipinski definition) is 2. The van der Waals surface area contributed by atoms with Crippen molar-refractivity contribution in [1.29, 1.82) is 0 Å². The number of imidazole rings is 1. The highest BCUT2D eigenvalue weighted by atomic mass is 19.1. The Bertz CT molecular complexity index is 1030. The van der Waals surface area contributed by atoms with Crippen molar-refractivity contribution in [3.63, 3.8) is 0 Å². The number of ether oxygens (including phenoxy) is 1. The third-order valence-electron chi connectivity index (χ3n) is 6.03. The lowest BCUT2D eigenvalue weighted by molar-refractivity contribution is -0.0243. The molecule has 2 aliphatic heterocycles. The lowest BCUT2D eigenvalue weighted by Gasteiger charge is -2.48. The topological polar surface area (TPSA) is 98.0 Å². The van der Waals surface area contributed by atoms with Gasteiger partial charge in [0.2, 0.25) is 0 Å². The lowest BCUT2D eigenvalue weighted by atomic mass is 9.75. The van der Waals surface area contributed by atoms with Gasteiger partial charge >= 0.3 is 6.01 Å². The zero-order chi connectivity index (χ0) is 20.7. The number of piperidine rings is 2. The van der Waals surface area contributed by atoms with Gasteiger partial charge in [-0.1, -0.05) is 5.10 Å². The second-order valence-electron chi connectivity index (χ2n) is 8.31. The molecule has 5 rings (SSSR count). The Balaban J connectivity index is 1.32. The summed E-state index contributed by atoms with van der Waals surface area (Å²) in [6, 6.07) is 5.05. The first-order chi connectivity index (χ1) is 14.5. The maximum Gasteiger partial charge on any atom is 0.336 e. The van der Waals surface area contributed by atoms with Gasteiger partial charge in [-0.15, -0.1) is 5.10 Å². The number of fused-ring (bicyclic) bond motifs is 2. The molecule has 30 heavy (non-hydrogen) atoms. The van der Waals surface area contributed by atoms with Gasteiger partial charge in [-0.2, -0.15) is 0 Å². The van der Waals surface area contributed by atoms with Crippen LogP contribution in [0.3, 0.4) is 0 Å². The van der Waals surface area contributed by atoms with E-state index in [9.17, 15) is 9.50 Å². The number of alkyl halides is 1. The molecule has 0 spiro atoms. The van der Waals surface area contributed by atoms with Gasteiger partial charge in [0.1, 0.15) is 17.5 Å². The van der Waals surface area contributed by atoms with Crippen LogP contribution in [0, 0.1) is 0 Å². The zero-order valence-corrected chi connectivity index (χ0v) is 16.6. The number of halogens is 1. The second-order valence-corrected chi connectivity index (χ2v) is 8.31. The summed E-state index contributed by atoms with van der Waals surface area (Å²) in [6.45, 7) is 2.11. The van der Waals surface area contributed by atoms with Gasteiger partial charge in [-0.25, -0.2) is 14.4 Å². The number of nitrogens with zero attached hydrogens (tertiary/aromatic N) is 5. The molecule has 4 heterocycles. The van der Waals surface area contributed by atoms with Gasteiger partial charge in [-0.3, -0.25) is 0 Å². The van der Waals surface area contributed by atoms with Gasteiger partial charge in [0, 0.05) is 42.0 Å². The van der Waals surface area contributed by atoms with Gasteiger partial charge in [0.15, 0.2) is 6.17 Å². The number of phenols is 1. The molecule has 2 bridgehead atoms. The third kappa shape index (κ3) is 3.49. The monoisotopic (exact) mass is 410 g/mol. The number of rotatable bonds is 4. The van der Waals surface area contributed by atoms with E-state index in [1.807, 2.05) is 6.07 Å². The fraction of sp³-hybridized carbons (Fsp3) is 0.429. The highest BCUT2D eigenvalue weighted by Crippen LogP contribution is 2.36. The van der Waals surface area contributed by atoms with Crippen molar-refractivity contribution in [2.24, 2.45) is 0 Å². The van der Waals surface area contributed by atoms with Crippen LogP contribution in [0.25, 0.3) is 16.9 Å². The van der Waals surface area contributed by atoms with Gasteiger partial charge in [0.25, 0.3) is 0 Å². The summed E-state index contributed by atoms with van der Waals surface area (Å²) in [5, 5.41) is 22.0. The molecule has 9 heteroatoms. The third-order valence-corrected chi connectivity index (χ3v) is 6.03. The largest absolute Gasteiger partial charge is 0.507 e. The first-order valence-corrected chi connectivity index (χ1v) is 10.1. The summed E-state index contributed by atoms with van der Waals surface area (Å²) in [6.07, 6.45) is 8.26. The smallest absolute Gasteiger partial charge is 0.336 e. The highest BCUT2D eigenvalue weighted by Gasteiger charge is 2.47. The number of nitrogens with one attached hydrogen (secondary N) is 1. The van der Waals surface area contributed by atoms with Crippen LogP contribution >= 0.6 is 0 Å². The van der Waals surface area contributed by atoms with E-state index in [4.69, 9.17) is 4.74 Å². The molecular weight excluding hydrogens is 387 g/mol. The minimum atomic E-state index is -1.11. The van der Waals surface area contributed by atoms with Crippen LogP contribution in [0.15, 0.2) is 43.1 Å². The van der Waals surface area contributed by atoms with E-state index in [1.54, 1.807) is 35.4 Å². The number of phenolic OH excluding ortho intramolecular Hbond substituents is 1. The van der Waals surface area contributed by atoms with Gasteiger partial charge in [-0.05, 0) is 38.3 Å². The Kier molecular flexibility index (Phi) is 4.62. The fourth-order valence-corrected chi connectivity index (χ4v) is 4.51. The van der Waals surface area contributed by atoms with Crippen LogP contribution < -0.4 is 10.1 Å². The van der Waals surface area contributed by atoms with Gasteiger partial charge < -0.3 is 19.7 Å². The van der Waals surface area contributed by atoms with E-state index < -0.39 is 12.3 Å². The van der Waals surface area contributed by atoms with E-state index in [0.29, 0.717) is 17.7 Å². The van der Waals surface area contributed by atoms with Crippen molar-refractivity contribution >= 4 is 0 Å². The van der Waals surface area contributed by atoms with E-state index in [-0.39, 0.29) is 23.3 Å². The van der Waals surface area contributed by atoms with Crippen LogP contribution in [-0.4, -0.2) is 53.7 Å². The summed E-state index contributed by atoms with van der Waals surface area (Å²) in [7, 11) is 0. The van der Waals surface area contributed by atoms with Crippen LogP contribution in [0.4, 0.5) is 4.39 Å². The Morgan fingerprint density at radius 3 is 2.97 bits per heavy atom. The molecule has 0 radical (unpaired) electrons. The minimum Gasteiger partial charge on any atom is -0.507 e. The Morgan fingerprint density at radius 2 is 2.23 bits per heavy atom. The van der Waals surface area contributed by atoms with Crippen LogP contribution in [0.1, 0.15) is 32.6 Å². The average Bonchev–Trinajstić information content (AvgIpc) is 3.27. The molecule has 1 unspecified atom stereocenters. The maximum absolute atomic E-state index is 14.8. The normalized spacial score (nSPS) is 28.3. The van der Waals surface area contributed by atoms with E-state index in [1.165, 1.54) is 6.20 Å². The van der Waals surface area contributed by atoms with Crippen molar-refractivity contribution in [3.05, 3.63) is 43.1 Å². The summed E-state index contributed by atoms with van der Waals surface area (Å²) < 4.78 is 22.4. The quantitative estimate of drug-likeness (QED) is 0.682. The molecule has 2 saturated heterocycles. The number of aromatic nitrogens is 5. The Hall–Kier alpha value is -3.07. The molecule has 0 aliphatic carbocycles. The summed E-state index contributed by atoms with van der Waals surface area (Å²) in [5.41, 5.74) is 1.56. The standard InChI is InChI=1S/C21H23FN6O2/c1-21-6-2-3-15(25-21)19(22)18(10-21)30-20-24-11-16(26-27-20)14-5-4-13(9-17(14)29)28-8-7-23-12-28/h4-5,7-9,11-12,15,18-19,25,29H,2-3,6,10H2,1H3/t15?,18-,19+,21-/m1/s1. The first kappa shape index (κ1) is 18.9. The number of hydrogen-bond acceptors (Lipinski definition) is 7. The van der Waals surface area contributed by atoms with Crippen molar-refractivity contribution in [1.82, 2.24) is 30.0 Å². The summed E-state index contributed by atoms with van der Waals surface area (Å²) in [5.74, 6) is 0.0499. The molecule has 1 aromatic carbocycles. The lowest BCUT2D eigenvalue weighted by Crippen LogP contribution is -2.64. The molecule has 156 valence electrons. The first-order valence-electron chi connectivity index (χ1n) is 10.1. The fourth-order valence-electron chi connectivity index (χ4n) is 4.51. The molecule has 0 saturated carbocycles. The molecule has 2 N–H and O–H groups in total. The molecule has 2 fully saturated rings. The summed E-state index contributed by atoms with van der Waals surface area (Å²) in [4.78, 5) is 8.20. The molecule has 2 aliphatic rings. The maximum atomic E-state index is 14.8. The predicted octanol–water partition coefficient (Wildman–Crippen LogP) is 2.82. The van der Waals surface area contributed by atoms with Gasteiger partial charge in [0.05, 0.1) is 18.2 Å². The van der Waals surface area contributed by atoms with Crippen LogP contribution in [-0.2, 0) is 0 Å². The van der Waals surface area contributed by atoms with Crippen molar-refractivity contribution in [3.8, 4) is 28.7 Å². The molecule has 8 nitrogen and oxygen atoms in total. The van der Waals surface area contributed by atoms with Crippen molar-refractivity contribution < 1.29 is 14.2 Å².